The van der Waals surface area contributed by atoms with Crippen LogP contribution in [0.25, 0.3) is 0 Å². The smallest absolute Gasteiger partial charge is 0.242 e. The summed E-state index contributed by atoms with van der Waals surface area (Å²) in [5.41, 5.74) is 8.15. The van der Waals surface area contributed by atoms with E-state index in [-0.39, 0.29) is 5.91 Å². The second-order valence-corrected chi connectivity index (χ2v) is 5.74. The lowest BCUT2D eigenvalue weighted by Crippen LogP contribution is -2.52. The van der Waals surface area contributed by atoms with Crippen LogP contribution in [-0.2, 0) is 10.3 Å². The van der Waals surface area contributed by atoms with Crippen LogP contribution in [0, 0.1) is 13.8 Å². The molecule has 4 heteroatoms. The summed E-state index contributed by atoms with van der Waals surface area (Å²) in [6.45, 7) is 13.9. The van der Waals surface area contributed by atoms with Gasteiger partial charge in [-0.15, -0.1) is 0 Å². The lowest BCUT2D eigenvalue weighted by atomic mass is 9.89. The number of hydrogen-bond donors (Lipinski definition) is 2. The van der Waals surface area contributed by atoms with Crippen molar-refractivity contribution in [3.8, 4) is 0 Å². The number of nitrogens with one attached hydrogen (secondary N) is 1. The summed E-state index contributed by atoms with van der Waals surface area (Å²) in [5.74, 6) is -0.342. The van der Waals surface area contributed by atoms with Crippen LogP contribution in [0.15, 0.2) is 18.2 Å². The van der Waals surface area contributed by atoms with E-state index in [0.717, 1.165) is 31.7 Å². The molecule has 0 aliphatic carbocycles. The zero-order valence-electron chi connectivity index (χ0n) is 14.0. The third-order valence-corrected chi connectivity index (χ3v) is 4.38. The van der Waals surface area contributed by atoms with Gasteiger partial charge in [0.15, 0.2) is 0 Å². The highest BCUT2D eigenvalue weighted by molar-refractivity contribution is 5.85. The van der Waals surface area contributed by atoms with E-state index in [2.05, 4.69) is 37.9 Å². The first-order valence-electron chi connectivity index (χ1n) is 7.70. The molecule has 1 atom stereocenters. The highest BCUT2D eigenvalue weighted by atomic mass is 16.1. The summed E-state index contributed by atoms with van der Waals surface area (Å²) < 4.78 is 0. The van der Waals surface area contributed by atoms with Gasteiger partial charge in [0.05, 0.1) is 0 Å². The van der Waals surface area contributed by atoms with Gasteiger partial charge in [-0.1, -0.05) is 32.0 Å². The molecule has 0 aromatic heterocycles. The Bertz CT molecular complexity index is 483. The third-order valence-electron chi connectivity index (χ3n) is 4.38. The van der Waals surface area contributed by atoms with Crippen LogP contribution in [0.5, 0.6) is 0 Å². The van der Waals surface area contributed by atoms with E-state index in [9.17, 15) is 4.79 Å². The number of rotatable bonds is 8. The molecule has 1 amide bonds. The molecule has 1 unspecified atom stereocenters. The molecule has 1 rings (SSSR count). The van der Waals surface area contributed by atoms with Crippen molar-refractivity contribution in [1.82, 2.24) is 10.2 Å². The molecule has 0 aliphatic rings. The number of likely N-dealkylation sites (N-methyl/N-ethyl adjacent to an activating group) is 1. The van der Waals surface area contributed by atoms with E-state index in [1.54, 1.807) is 0 Å². The maximum atomic E-state index is 12.0. The maximum absolute atomic E-state index is 12.0. The zero-order chi connectivity index (χ0) is 16.0. The number of carbonyl (C=O) groups excluding carboxylic acids is 1. The third kappa shape index (κ3) is 4.29. The minimum absolute atomic E-state index is 0.342. The van der Waals surface area contributed by atoms with Gasteiger partial charge in [0.2, 0.25) is 5.91 Å². The summed E-state index contributed by atoms with van der Waals surface area (Å²) in [7, 11) is 0. The van der Waals surface area contributed by atoms with Gasteiger partial charge in [0, 0.05) is 13.1 Å². The number of carbonyl (C=O) groups is 1. The molecular formula is C17H29N3O. The predicted molar refractivity (Wildman–Crippen MR) is 88.3 cm³/mol. The van der Waals surface area contributed by atoms with Gasteiger partial charge in [-0.25, -0.2) is 0 Å². The standard InChI is InChI=1S/C17H29N3O/c1-6-20(7-2)11-10-19-17(5,16(18)21)15-9-8-13(3)14(4)12-15/h8-9,12,19H,6-7,10-11H2,1-5H3,(H2,18,21). The Morgan fingerprint density at radius 3 is 2.33 bits per heavy atom. The van der Waals surface area contributed by atoms with E-state index >= 15 is 0 Å². The number of aryl methyl sites for hydroxylation is 2. The molecule has 0 bridgehead atoms. The van der Waals surface area contributed by atoms with Gasteiger partial charge in [0.1, 0.15) is 5.54 Å². The van der Waals surface area contributed by atoms with Crippen LogP contribution in [-0.4, -0.2) is 37.0 Å². The van der Waals surface area contributed by atoms with Crippen molar-refractivity contribution in [2.24, 2.45) is 5.73 Å². The number of amides is 1. The summed E-state index contributed by atoms with van der Waals surface area (Å²) in [5, 5.41) is 3.34. The number of nitrogens with two attached hydrogens (primary N) is 1. The Hall–Kier alpha value is -1.39. The minimum atomic E-state index is -0.828. The van der Waals surface area contributed by atoms with Crippen LogP contribution in [0.2, 0.25) is 0 Å². The van der Waals surface area contributed by atoms with Crippen molar-refractivity contribution in [1.29, 1.82) is 0 Å². The van der Waals surface area contributed by atoms with E-state index in [4.69, 9.17) is 5.73 Å². The molecule has 1 aromatic carbocycles. The SMILES string of the molecule is CCN(CC)CCNC(C)(C(N)=O)c1ccc(C)c(C)c1. The first-order valence-corrected chi connectivity index (χ1v) is 7.70. The first kappa shape index (κ1) is 17.7. The molecule has 0 saturated carbocycles. The van der Waals surface area contributed by atoms with Gasteiger partial charge in [-0.2, -0.15) is 0 Å². The Balaban J connectivity index is 2.87. The number of nitrogens with zero attached hydrogens (tertiary/aromatic N) is 1. The first-order chi connectivity index (χ1) is 9.85. The fourth-order valence-corrected chi connectivity index (χ4v) is 2.39. The molecule has 0 saturated heterocycles. The quantitative estimate of drug-likeness (QED) is 0.769. The fourth-order valence-electron chi connectivity index (χ4n) is 2.39. The Kier molecular flexibility index (Phi) is 6.37. The van der Waals surface area contributed by atoms with Crippen molar-refractivity contribution in [3.63, 3.8) is 0 Å². The predicted octanol–water partition coefficient (Wildman–Crippen LogP) is 1.94. The normalized spacial score (nSPS) is 14.2. The van der Waals surface area contributed by atoms with E-state index in [1.807, 2.05) is 25.1 Å². The monoisotopic (exact) mass is 291 g/mol. The minimum Gasteiger partial charge on any atom is -0.368 e. The average molecular weight is 291 g/mol. The molecule has 21 heavy (non-hydrogen) atoms. The van der Waals surface area contributed by atoms with Gasteiger partial charge in [-0.3, -0.25) is 10.1 Å². The molecule has 3 N–H and O–H groups in total. The average Bonchev–Trinajstić information content (AvgIpc) is 2.46. The lowest BCUT2D eigenvalue weighted by Gasteiger charge is -2.30. The molecule has 118 valence electrons. The van der Waals surface area contributed by atoms with Crippen molar-refractivity contribution in [3.05, 3.63) is 34.9 Å². The van der Waals surface area contributed by atoms with Crippen molar-refractivity contribution in [2.45, 2.75) is 40.2 Å². The summed E-state index contributed by atoms with van der Waals surface area (Å²) in [4.78, 5) is 14.3. The second kappa shape index (κ2) is 7.57. The van der Waals surface area contributed by atoms with Gasteiger partial charge >= 0.3 is 0 Å². The highest BCUT2D eigenvalue weighted by Gasteiger charge is 2.32. The number of hydrogen-bond acceptors (Lipinski definition) is 3. The van der Waals surface area contributed by atoms with Gasteiger partial charge < -0.3 is 10.6 Å². The van der Waals surface area contributed by atoms with Gasteiger partial charge in [0.25, 0.3) is 0 Å². The van der Waals surface area contributed by atoms with Crippen molar-refractivity contribution < 1.29 is 4.79 Å². The van der Waals surface area contributed by atoms with Crippen LogP contribution >= 0.6 is 0 Å². The molecule has 0 spiro atoms. The van der Waals surface area contributed by atoms with Crippen molar-refractivity contribution >= 4 is 5.91 Å². The highest BCUT2D eigenvalue weighted by Crippen LogP contribution is 2.22. The Morgan fingerprint density at radius 1 is 1.24 bits per heavy atom. The lowest BCUT2D eigenvalue weighted by molar-refractivity contribution is -0.124. The Morgan fingerprint density at radius 2 is 1.86 bits per heavy atom. The maximum Gasteiger partial charge on any atom is 0.242 e. The largest absolute Gasteiger partial charge is 0.368 e. The number of benzene rings is 1. The van der Waals surface area contributed by atoms with Crippen LogP contribution in [0.3, 0.4) is 0 Å². The van der Waals surface area contributed by atoms with E-state index < -0.39 is 5.54 Å². The van der Waals surface area contributed by atoms with Crippen LogP contribution in [0.4, 0.5) is 0 Å². The molecule has 0 aliphatic heterocycles. The summed E-state index contributed by atoms with van der Waals surface area (Å²) in [6.07, 6.45) is 0. The number of primary amides is 1. The summed E-state index contributed by atoms with van der Waals surface area (Å²) >= 11 is 0. The van der Waals surface area contributed by atoms with E-state index in [0.29, 0.717) is 0 Å². The summed E-state index contributed by atoms with van der Waals surface area (Å²) in [6, 6.07) is 6.07. The van der Waals surface area contributed by atoms with Crippen LogP contribution < -0.4 is 11.1 Å². The van der Waals surface area contributed by atoms with Gasteiger partial charge in [-0.05, 0) is 50.6 Å². The van der Waals surface area contributed by atoms with E-state index in [1.165, 1.54) is 11.1 Å². The fraction of sp³-hybridized carbons (Fsp3) is 0.588. The topological polar surface area (TPSA) is 58.4 Å². The Labute approximate surface area is 128 Å². The zero-order valence-corrected chi connectivity index (χ0v) is 14.0. The van der Waals surface area contributed by atoms with Crippen molar-refractivity contribution in [2.75, 3.05) is 26.2 Å². The molecule has 0 radical (unpaired) electrons. The molecular weight excluding hydrogens is 262 g/mol. The molecule has 0 heterocycles. The molecule has 1 aromatic rings. The second-order valence-electron chi connectivity index (χ2n) is 5.74. The molecule has 0 fully saturated rings. The van der Waals surface area contributed by atoms with Crippen LogP contribution in [0.1, 0.15) is 37.5 Å². The molecule has 4 nitrogen and oxygen atoms in total.